The van der Waals surface area contributed by atoms with Gasteiger partial charge in [0.05, 0.1) is 0 Å². The smallest absolute Gasteiger partial charge is 0.305 e. The molecular weight excluding hydrogens is 250 g/mol. The molecule has 0 heterocycles. The topological polar surface area (TPSA) is 84.6 Å². The third kappa shape index (κ3) is 1.91. The van der Waals surface area contributed by atoms with Crippen LogP contribution in [0.3, 0.4) is 0 Å². The molecule has 18 heavy (non-hydrogen) atoms. The molecule has 6 heteroatoms. The van der Waals surface area contributed by atoms with Crippen molar-refractivity contribution in [2.24, 2.45) is 9.50 Å². The zero-order valence-electron chi connectivity index (χ0n) is 9.90. The van der Waals surface area contributed by atoms with Crippen LogP contribution in [0.25, 0.3) is 0 Å². The monoisotopic (exact) mass is 265 g/mol. The largest absolute Gasteiger partial charge is 0.354 e. The molecular formula is C12H15N3O2S. The van der Waals surface area contributed by atoms with Crippen molar-refractivity contribution in [2.75, 3.05) is 5.32 Å². The molecule has 1 atom stereocenters. The van der Waals surface area contributed by atoms with Crippen molar-refractivity contribution in [3.63, 3.8) is 0 Å². The second kappa shape index (κ2) is 4.37. The maximum absolute atomic E-state index is 11.6. The van der Waals surface area contributed by atoms with Crippen LogP contribution in [0.2, 0.25) is 0 Å². The van der Waals surface area contributed by atoms with Gasteiger partial charge in [0.15, 0.2) is 0 Å². The Kier molecular flexibility index (Phi) is 2.83. The van der Waals surface area contributed by atoms with E-state index in [0.717, 1.165) is 37.8 Å². The predicted octanol–water partition coefficient (Wildman–Crippen LogP) is 1.34. The Labute approximate surface area is 107 Å². The van der Waals surface area contributed by atoms with Gasteiger partial charge in [-0.25, -0.2) is 14.1 Å². The molecule has 0 spiro atoms. The number of rotatable bonds is 1. The highest BCUT2D eigenvalue weighted by Gasteiger charge is 2.26. The van der Waals surface area contributed by atoms with Crippen molar-refractivity contribution in [3.05, 3.63) is 28.3 Å². The first-order chi connectivity index (χ1) is 8.65. The number of benzene rings is 1. The van der Waals surface area contributed by atoms with Crippen LogP contribution < -0.4 is 10.5 Å². The summed E-state index contributed by atoms with van der Waals surface area (Å²) in [6, 6.07) is 1.66. The lowest BCUT2D eigenvalue weighted by Crippen LogP contribution is -2.18. The molecule has 1 aromatic carbocycles. The fourth-order valence-corrected chi connectivity index (χ4v) is 3.04. The number of nitrogens with one attached hydrogen (secondary N) is 1. The number of nitrogens with two attached hydrogens (primary N) is 1. The molecule has 0 radical (unpaired) electrons. The molecule has 0 fully saturated rings. The minimum absolute atomic E-state index is 0.604. The normalized spacial score (nSPS) is 17.8. The van der Waals surface area contributed by atoms with E-state index in [9.17, 15) is 9.00 Å². The molecule has 0 saturated carbocycles. The lowest BCUT2D eigenvalue weighted by Gasteiger charge is -2.25. The summed E-state index contributed by atoms with van der Waals surface area (Å²) in [5.41, 5.74) is 6.00. The molecule has 1 unspecified atom stereocenters. The van der Waals surface area contributed by atoms with E-state index in [2.05, 4.69) is 15.7 Å². The van der Waals surface area contributed by atoms with Gasteiger partial charge in [0.2, 0.25) is 0 Å². The van der Waals surface area contributed by atoms with Crippen LogP contribution in [-0.2, 0) is 36.5 Å². The molecule has 0 aromatic heterocycles. The van der Waals surface area contributed by atoms with Gasteiger partial charge in [-0.3, -0.25) is 0 Å². The first kappa shape index (κ1) is 11.7. The Morgan fingerprint density at radius 3 is 2.61 bits per heavy atom. The third-order valence-electron chi connectivity index (χ3n) is 3.67. The SMILES string of the molecule is N/[SH](=O)=N\C(=O)Nc1c2c(cc3c1CC3)CCC2. The highest BCUT2D eigenvalue weighted by molar-refractivity contribution is 7.72. The van der Waals surface area contributed by atoms with Gasteiger partial charge >= 0.3 is 6.03 Å². The van der Waals surface area contributed by atoms with E-state index in [0.29, 0.717) is 0 Å². The first-order valence-corrected chi connectivity index (χ1v) is 7.34. The van der Waals surface area contributed by atoms with E-state index in [1.165, 1.54) is 22.3 Å². The van der Waals surface area contributed by atoms with Crippen molar-refractivity contribution in [3.8, 4) is 0 Å². The summed E-state index contributed by atoms with van der Waals surface area (Å²) in [5, 5.41) is 7.79. The summed E-state index contributed by atoms with van der Waals surface area (Å²) in [6.45, 7) is 0. The van der Waals surface area contributed by atoms with Gasteiger partial charge in [0.25, 0.3) is 0 Å². The van der Waals surface area contributed by atoms with E-state index in [1.54, 1.807) is 0 Å². The average Bonchev–Trinajstić information content (AvgIpc) is 2.69. The molecule has 0 bridgehead atoms. The van der Waals surface area contributed by atoms with Crippen LogP contribution in [0, 0.1) is 0 Å². The highest BCUT2D eigenvalue weighted by atomic mass is 32.2. The summed E-state index contributed by atoms with van der Waals surface area (Å²) >= 11 is 0. The number of carbonyl (C=O) groups excluding carboxylic acids is 1. The molecule has 0 saturated heterocycles. The molecule has 2 aliphatic carbocycles. The second-order valence-electron chi connectivity index (χ2n) is 4.71. The van der Waals surface area contributed by atoms with Crippen LogP contribution in [0.1, 0.15) is 28.7 Å². The predicted molar refractivity (Wildman–Crippen MR) is 71.0 cm³/mol. The van der Waals surface area contributed by atoms with Gasteiger partial charge in [0.1, 0.15) is 10.8 Å². The number of amides is 2. The lowest BCUT2D eigenvalue weighted by molar-refractivity contribution is 0.260. The minimum Gasteiger partial charge on any atom is -0.305 e. The van der Waals surface area contributed by atoms with Crippen LogP contribution >= 0.6 is 0 Å². The van der Waals surface area contributed by atoms with Crippen molar-refractivity contribution < 1.29 is 9.00 Å². The quantitative estimate of drug-likeness (QED) is 0.669. The van der Waals surface area contributed by atoms with Crippen molar-refractivity contribution in [1.29, 1.82) is 0 Å². The van der Waals surface area contributed by atoms with Crippen molar-refractivity contribution in [2.45, 2.75) is 32.1 Å². The Morgan fingerprint density at radius 2 is 1.94 bits per heavy atom. The number of thiol groups is 1. The van der Waals surface area contributed by atoms with Gasteiger partial charge in [-0.15, -0.1) is 4.36 Å². The number of aryl methyl sites for hydroxylation is 2. The van der Waals surface area contributed by atoms with E-state index in [-0.39, 0.29) is 0 Å². The summed E-state index contributed by atoms with van der Waals surface area (Å²) in [5.74, 6) is 0. The van der Waals surface area contributed by atoms with Gasteiger partial charge in [-0.2, -0.15) is 0 Å². The summed E-state index contributed by atoms with van der Waals surface area (Å²) in [7, 11) is -2.28. The summed E-state index contributed by atoms with van der Waals surface area (Å²) in [6.07, 6.45) is 5.27. The number of fused-ring (bicyclic) bond motifs is 2. The number of hydrogen-bond acceptors (Lipinski definition) is 2. The van der Waals surface area contributed by atoms with Crippen LogP contribution in [0.5, 0.6) is 0 Å². The molecule has 3 N–H and O–H groups in total. The van der Waals surface area contributed by atoms with Crippen LogP contribution in [-0.4, -0.2) is 10.2 Å². The Hall–Kier alpha value is -1.40. The fraction of sp³-hybridized carbons (Fsp3) is 0.417. The minimum atomic E-state index is -2.28. The van der Waals surface area contributed by atoms with Gasteiger partial charge in [0, 0.05) is 5.69 Å². The van der Waals surface area contributed by atoms with E-state index in [1.807, 2.05) is 0 Å². The Balaban J connectivity index is 1.99. The highest BCUT2D eigenvalue weighted by Crippen LogP contribution is 2.39. The van der Waals surface area contributed by atoms with Gasteiger partial charge in [-0.1, -0.05) is 6.07 Å². The number of urea groups is 1. The standard InChI is InChI=1S/C12H15N3O2S/c13-18(17)15-12(16)14-11-9-3-1-2-7(9)6-8-4-5-10(8)11/h6,18H,1-5H2,(H3,13,14,15,16,17). The first-order valence-electron chi connectivity index (χ1n) is 6.06. The van der Waals surface area contributed by atoms with E-state index >= 15 is 0 Å². The molecule has 3 rings (SSSR count). The summed E-state index contributed by atoms with van der Waals surface area (Å²) < 4.78 is 14.1. The Morgan fingerprint density at radius 1 is 1.22 bits per heavy atom. The maximum atomic E-state index is 11.6. The zero-order chi connectivity index (χ0) is 12.7. The molecule has 2 amide bonds. The number of carbonyl (C=O) groups is 1. The molecule has 2 aliphatic rings. The fourth-order valence-electron chi connectivity index (χ4n) is 2.82. The van der Waals surface area contributed by atoms with Crippen LogP contribution in [0.15, 0.2) is 10.4 Å². The number of nitrogens with zero attached hydrogens (tertiary/aromatic N) is 1. The Bertz CT molecular complexity index is 618. The van der Waals surface area contributed by atoms with Gasteiger partial charge in [-0.05, 0) is 54.4 Å². The third-order valence-corrected chi connectivity index (χ3v) is 4.04. The molecule has 5 nitrogen and oxygen atoms in total. The van der Waals surface area contributed by atoms with Gasteiger partial charge < -0.3 is 5.32 Å². The zero-order valence-corrected chi connectivity index (χ0v) is 10.8. The number of hydrogen-bond donors (Lipinski definition) is 3. The van der Waals surface area contributed by atoms with Crippen LogP contribution in [0.4, 0.5) is 10.5 Å². The molecule has 1 aromatic rings. The molecule has 0 aliphatic heterocycles. The average molecular weight is 265 g/mol. The van der Waals surface area contributed by atoms with Crippen molar-refractivity contribution >= 4 is 22.5 Å². The van der Waals surface area contributed by atoms with E-state index in [4.69, 9.17) is 5.14 Å². The maximum Gasteiger partial charge on any atom is 0.354 e. The second-order valence-corrected chi connectivity index (χ2v) is 5.52. The van der Waals surface area contributed by atoms with E-state index < -0.39 is 16.8 Å². The molecule has 96 valence electrons. The summed E-state index contributed by atoms with van der Waals surface area (Å²) in [4.78, 5) is 11.6. The lowest BCUT2D eigenvalue weighted by atomic mass is 9.83. The van der Waals surface area contributed by atoms with Crippen molar-refractivity contribution in [1.82, 2.24) is 0 Å². The number of anilines is 1.